The summed E-state index contributed by atoms with van der Waals surface area (Å²) in [5.74, 6) is 0.570. The van der Waals surface area contributed by atoms with Crippen molar-refractivity contribution in [3.8, 4) is 0 Å². The fraction of sp³-hybridized carbons (Fsp3) is 0.941. The molecule has 3 aliphatic heterocycles. The third-order valence-electron chi connectivity index (χ3n) is 5.58. The van der Waals surface area contributed by atoms with E-state index in [1.165, 1.54) is 6.42 Å². The molecule has 3 saturated heterocycles. The summed E-state index contributed by atoms with van der Waals surface area (Å²) in [4.78, 5) is 20.2. The summed E-state index contributed by atoms with van der Waals surface area (Å²) >= 11 is 0. The third kappa shape index (κ3) is 2.91. The molecule has 0 unspecified atom stereocenters. The molecule has 0 bridgehead atoms. The second-order valence-electron chi connectivity index (χ2n) is 7.56. The van der Waals surface area contributed by atoms with E-state index < -0.39 is 0 Å². The Kier molecular flexibility index (Phi) is 4.76. The molecule has 0 aliphatic carbocycles. The van der Waals surface area contributed by atoms with Crippen LogP contribution in [0.1, 0.15) is 33.6 Å². The van der Waals surface area contributed by atoms with E-state index in [1.54, 1.807) is 0 Å². The van der Waals surface area contributed by atoms with Gasteiger partial charge in [-0.3, -0.25) is 9.69 Å². The van der Waals surface area contributed by atoms with Gasteiger partial charge in [0.1, 0.15) is 5.54 Å². The van der Waals surface area contributed by atoms with Gasteiger partial charge in [0, 0.05) is 32.2 Å². The molecular formula is C17H31N3O2. The Labute approximate surface area is 134 Å². The largest absolute Gasteiger partial charge is 0.376 e. The molecule has 1 amide bonds. The van der Waals surface area contributed by atoms with E-state index in [2.05, 4.69) is 35.5 Å². The summed E-state index contributed by atoms with van der Waals surface area (Å²) in [6.07, 6.45) is 2.19. The highest BCUT2D eigenvalue weighted by Crippen LogP contribution is 2.32. The molecule has 1 spiro atoms. The molecule has 3 fully saturated rings. The van der Waals surface area contributed by atoms with Crippen LogP contribution in [0.4, 0.5) is 0 Å². The Balaban J connectivity index is 1.65. The fourth-order valence-corrected chi connectivity index (χ4v) is 4.17. The number of piperazine rings is 1. The van der Waals surface area contributed by atoms with E-state index in [0.717, 1.165) is 58.9 Å². The number of carbonyl (C=O) groups excluding carboxylic acids is 1. The Hall–Kier alpha value is -0.650. The van der Waals surface area contributed by atoms with E-state index in [1.807, 2.05) is 0 Å². The van der Waals surface area contributed by atoms with Gasteiger partial charge in [-0.2, -0.15) is 0 Å². The minimum absolute atomic E-state index is 0.0320. The van der Waals surface area contributed by atoms with Gasteiger partial charge in [-0.15, -0.1) is 0 Å². The van der Waals surface area contributed by atoms with Crippen molar-refractivity contribution in [2.45, 2.75) is 45.2 Å². The molecule has 22 heavy (non-hydrogen) atoms. The van der Waals surface area contributed by atoms with E-state index in [4.69, 9.17) is 4.74 Å². The maximum Gasteiger partial charge on any atom is 0.227 e. The molecule has 0 aromatic heterocycles. The smallest absolute Gasteiger partial charge is 0.227 e. The zero-order chi connectivity index (χ0) is 15.7. The second-order valence-corrected chi connectivity index (χ2v) is 7.56. The summed E-state index contributed by atoms with van der Waals surface area (Å²) < 4.78 is 5.51. The first-order chi connectivity index (χ1) is 10.6. The first kappa shape index (κ1) is 16.2. The molecule has 0 N–H and O–H groups in total. The number of carbonyl (C=O) groups is 1. The third-order valence-corrected chi connectivity index (χ3v) is 5.58. The van der Waals surface area contributed by atoms with Gasteiger partial charge in [0.05, 0.1) is 19.1 Å². The molecule has 3 heterocycles. The number of rotatable bonds is 4. The summed E-state index contributed by atoms with van der Waals surface area (Å²) in [6, 6.07) is 0.542. The maximum absolute atomic E-state index is 13.1. The van der Waals surface area contributed by atoms with Crippen LogP contribution >= 0.6 is 0 Å². The lowest BCUT2D eigenvalue weighted by Crippen LogP contribution is -2.73. The SMILES string of the molecule is CCCN1CCN(C(=O)[C@@H]2CCN(C(C)C)C2)C2(COC2)C1. The van der Waals surface area contributed by atoms with Crippen molar-refractivity contribution in [3.05, 3.63) is 0 Å². The number of amides is 1. The van der Waals surface area contributed by atoms with Gasteiger partial charge in [-0.1, -0.05) is 6.92 Å². The zero-order valence-corrected chi connectivity index (χ0v) is 14.4. The van der Waals surface area contributed by atoms with Crippen LogP contribution in [0.5, 0.6) is 0 Å². The molecule has 0 aromatic carbocycles. The molecule has 3 aliphatic rings. The van der Waals surface area contributed by atoms with Crippen molar-refractivity contribution in [2.75, 3.05) is 52.5 Å². The number of likely N-dealkylation sites (tertiary alicyclic amines) is 1. The second kappa shape index (κ2) is 6.46. The molecule has 0 aromatic rings. The van der Waals surface area contributed by atoms with Crippen LogP contribution in [0.2, 0.25) is 0 Å². The van der Waals surface area contributed by atoms with Gasteiger partial charge >= 0.3 is 0 Å². The Morgan fingerprint density at radius 2 is 2.05 bits per heavy atom. The van der Waals surface area contributed by atoms with Crippen molar-refractivity contribution in [1.82, 2.24) is 14.7 Å². The van der Waals surface area contributed by atoms with E-state index in [0.29, 0.717) is 11.9 Å². The molecule has 1 atom stereocenters. The Morgan fingerprint density at radius 1 is 1.27 bits per heavy atom. The first-order valence-corrected chi connectivity index (χ1v) is 8.91. The van der Waals surface area contributed by atoms with Crippen LogP contribution in [-0.2, 0) is 9.53 Å². The molecule has 126 valence electrons. The number of hydrogen-bond acceptors (Lipinski definition) is 4. The van der Waals surface area contributed by atoms with Crippen LogP contribution in [0.15, 0.2) is 0 Å². The quantitative estimate of drug-likeness (QED) is 0.777. The number of ether oxygens (including phenoxy) is 1. The normalized spacial score (nSPS) is 29.3. The highest BCUT2D eigenvalue weighted by molar-refractivity contribution is 5.80. The maximum atomic E-state index is 13.1. The fourth-order valence-electron chi connectivity index (χ4n) is 4.17. The van der Waals surface area contributed by atoms with Crippen LogP contribution in [-0.4, -0.2) is 84.7 Å². The lowest BCUT2D eigenvalue weighted by molar-refractivity contribution is -0.186. The van der Waals surface area contributed by atoms with Gasteiger partial charge < -0.3 is 14.5 Å². The highest BCUT2D eigenvalue weighted by atomic mass is 16.5. The van der Waals surface area contributed by atoms with Gasteiger partial charge in [-0.05, 0) is 39.8 Å². The zero-order valence-electron chi connectivity index (χ0n) is 14.4. The number of hydrogen-bond donors (Lipinski definition) is 0. The topological polar surface area (TPSA) is 36.0 Å². The standard InChI is InChI=1S/C17H31N3O2/c1-4-6-18-8-9-20(17(11-18)12-22-13-17)16(21)15-5-7-19(10-15)14(2)3/h14-15H,4-13H2,1-3H3/t15-/m1/s1. The van der Waals surface area contributed by atoms with Crippen molar-refractivity contribution in [1.29, 1.82) is 0 Å². The van der Waals surface area contributed by atoms with Crippen LogP contribution in [0.3, 0.4) is 0 Å². The molecule has 3 rings (SSSR count). The van der Waals surface area contributed by atoms with Gasteiger partial charge in [0.25, 0.3) is 0 Å². The minimum atomic E-state index is -0.0320. The summed E-state index contributed by atoms with van der Waals surface area (Å²) in [5.41, 5.74) is -0.0320. The molecule has 0 radical (unpaired) electrons. The summed E-state index contributed by atoms with van der Waals surface area (Å²) in [7, 11) is 0. The lowest BCUT2D eigenvalue weighted by atomic mass is 9.89. The van der Waals surface area contributed by atoms with Crippen LogP contribution in [0, 0.1) is 5.92 Å². The summed E-state index contributed by atoms with van der Waals surface area (Å²) in [5, 5.41) is 0. The van der Waals surface area contributed by atoms with Gasteiger partial charge in [0.15, 0.2) is 0 Å². The molecule has 5 heteroatoms. The van der Waals surface area contributed by atoms with Crippen molar-refractivity contribution >= 4 is 5.91 Å². The first-order valence-electron chi connectivity index (χ1n) is 8.91. The highest BCUT2D eigenvalue weighted by Gasteiger charge is 2.51. The minimum Gasteiger partial charge on any atom is -0.376 e. The lowest BCUT2D eigenvalue weighted by Gasteiger charge is -2.55. The van der Waals surface area contributed by atoms with Crippen molar-refractivity contribution in [3.63, 3.8) is 0 Å². The van der Waals surface area contributed by atoms with E-state index in [-0.39, 0.29) is 11.5 Å². The molecule has 5 nitrogen and oxygen atoms in total. The van der Waals surface area contributed by atoms with Gasteiger partial charge in [-0.25, -0.2) is 0 Å². The molecule has 0 saturated carbocycles. The van der Waals surface area contributed by atoms with Crippen molar-refractivity contribution < 1.29 is 9.53 Å². The Morgan fingerprint density at radius 3 is 2.59 bits per heavy atom. The van der Waals surface area contributed by atoms with Crippen LogP contribution in [0.25, 0.3) is 0 Å². The predicted molar refractivity (Wildman–Crippen MR) is 86.8 cm³/mol. The average molecular weight is 309 g/mol. The van der Waals surface area contributed by atoms with Crippen molar-refractivity contribution in [2.24, 2.45) is 5.92 Å². The average Bonchev–Trinajstić information content (AvgIpc) is 2.95. The Bertz CT molecular complexity index is 409. The van der Waals surface area contributed by atoms with E-state index in [9.17, 15) is 4.79 Å². The van der Waals surface area contributed by atoms with E-state index >= 15 is 0 Å². The summed E-state index contributed by atoms with van der Waals surface area (Å²) in [6.45, 7) is 14.1. The molecular weight excluding hydrogens is 278 g/mol. The predicted octanol–water partition coefficient (Wildman–Crippen LogP) is 1.04. The monoisotopic (exact) mass is 309 g/mol. The van der Waals surface area contributed by atoms with Crippen LogP contribution < -0.4 is 0 Å². The number of nitrogens with zero attached hydrogens (tertiary/aromatic N) is 3. The van der Waals surface area contributed by atoms with Gasteiger partial charge in [0.2, 0.25) is 5.91 Å².